The molecule has 0 fully saturated rings. The van der Waals surface area contributed by atoms with Gasteiger partial charge < -0.3 is 5.73 Å². The summed E-state index contributed by atoms with van der Waals surface area (Å²) in [7, 11) is -3.93. The third-order valence-electron chi connectivity index (χ3n) is 2.26. The highest BCUT2D eigenvalue weighted by Crippen LogP contribution is 2.25. The van der Waals surface area contributed by atoms with Crippen LogP contribution < -0.4 is 10.5 Å². The van der Waals surface area contributed by atoms with Gasteiger partial charge >= 0.3 is 0 Å². The number of anilines is 2. The lowest BCUT2D eigenvalue weighted by Crippen LogP contribution is -2.13. The molecule has 2 rings (SSSR count). The molecule has 0 amide bonds. The van der Waals surface area contributed by atoms with E-state index in [0.717, 1.165) is 6.07 Å². The summed E-state index contributed by atoms with van der Waals surface area (Å²) in [5.41, 5.74) is 5.05. The van der Waals surface area contributed by atoms with Crippen molar-refractivity contribution in [2.24, 2.45) is 0 Å². The van der Waals surface area contributed by atoms with Crippen molar-refractivity contribution >= 4 is 27.1 Å². The third kappa shape index (κ3) is 2.63. The number of hydrogen-bond donors (Lipinski definition) is 3. The quantitative estimate of drug-likeness (QED) is 0.428. The molecule has 0 bridgehead atoms. The molecule has 1 aromatic heterocycles. The van der Waals surface area contributed by atoms with Crippen LogP contribution in [0.2, 0.25) is 0 Å². The second-order valence-corrected chi connectivity index (χ2v) is 5.25. The fourth-order valence-corrected chi connectivity index (χ4v) is 2.42. The Morgan fingerprint density at radius 2 is 2.16 bits per heavy atom. The Balaban J connectivity index is 2.41. The Morgan fingerprint density at radius 3 is 2.74 bits per heavy atom. The van der Waals surface area contributed by atoms with E-state index in [9.17, 15) is 18.5 Å². The molecule has 10 heteroatoms. The van der Waals surface area contributed by atoms with Gasteiger partial charge in [0.05, 0.1) is 21.7 Å². The monoisotopic (exact) mass is 283 g/mol. The molecule has 0 unspecified atom stereocenters. The first-order chi connectivity index (χ1) is 8.90. The second-order valence-electron chi connectivity index (χ2n) is 3.57. The normalized spacial score (nSPS) is 11.2. The van der Waals surface area contributed by atoms with Crippen LogP contribution in [0, 0.1) is 10.1 Å². The standard InChI is InChI=1S/C9H9N5O4S/c10-8-2-1-7(3-9(8)14(15)16)19(17,18)13-6-4-11-12-5-6/h1-5,13H,10H2,(H,11,12). The van der Waals surface area contributed by atoms with Gasteiger partial charge in [0.2, 0.25) is 0 Å². The summed E-state index contributed by atoms with van der Waals surface area (Å²) in [6.45, 7) is 0. The summed E-state index contributed by atoms with van der Waals surface area (Å²) in [5, 5.41) is 16.7. The van der Waals surface area contributed by atoms with E-state index in [1.807, 2.05) is 0 Å². The van der Waals surface area contributed by atoms with Crippen molar-refractivity contribution in [1.29, 1.82) is 0 Å². The van der Waals surface area contributed by atoms with Crippen molar-refractivity contribution in [3.05, 3.63) is 40.7 Å². The van der Waals surface area contributed by atoms with Gasteiger partial charge in [-0.2, -0.15) is 5.10 Å². The van der Waals surface area contributed by atoms with Crippen LogP contribution in [-0.2, 0) is 10.0 Å². The Hall–Kier alpha value is -2.62. The highest BCUT2D eigenvalue weighted by Gasteiger charge is 2.20. The predicted octanol–water partition coefficient (Wildman–Crippen LogP) is 0.701. The maximum atomic E-state index is 12.0. The number of aromatic amines is 1. The number of nitro benzene ring substituents is 1. The van der Waals surface area contributed by atoms with Crippen LogP contribution in [0.5, 0.6) is 0 Å². The molecular weight excluding hydrogens is 274 g/mol. The summed E-state index contributed by atoms with van der Waals surface area (Å²) in [5.74, 6) is 0. The summed E-state index contributed by atoms with van der Waals surface area (Å²) < 4.78 is 26.2. The molecule has 19 heavy (non-hydrogen) atoms. The lowest BCUT2D eigenvalue weighted by molar-refractivity contribution is -0.384. The van der Waals surface area contributed by atoms with Gasteiger partial charge in [0.1, 0.15) is 5.69 Å². The zero-order valence-electron chi connectivity index (χ0n) is 9.40. The Kier molecular flexibility index (Phi) is 3.09. The fourth-order valence-electron chi connectivity index (χ4n) is 1.37. The molecule has 0 saturated carbocycles. The first kappa shape index (κ1) is 12.8. The Bertz CT molecular complexity index is 710. The number of H-pyrrole nitrogens is 1. The number of nitrogen functional groups attached to an aromatic ring is 1. The summed E-state index contributed by atoms with van der Waals surface area (Å²) >= 11 is 0. The number of hydrogen-bond acceptors (Lipinski definition) is 6. The second kappa shape index (κ2) is 4.57. The molecule has 0 atom stereocenters. The van der Waals surface area contributed by atoms with Gasteiger partial charge in [-0.25, -0.2) is 8.42 Å². The van der Waals surface area contributed by atoms with E-state index in [4.69, 9.17) is 5.73 Å². The van der Waals surface area contributed by atoms with Crippen LogP contribution >= 0.6 is 0 Å². The highest BCUT2D eigenvalue weighted by molar-refractivity contribution is 7.92. The summed E-state index contributed by atoms with van der Waals surface area (Å²) in [6, 6.07) is 3.25. The molecule has 0 aliphatic heterocycles. The SMILES string of the molecule is Nc1ccc(S(=O)(=O)Nc2cn[nH]c2)cc1[N+](=O)[O-]. The van der Waals surface area contributed by atoms with Gasteiger partial charge in [0.25, 0.3) is 15.7 Å². The molecular formula is C9H9N5O4S. The number of nitrogens with one attached hydrogen (secondary N) is 2. The van der Waals surface area contributed by atoms with Crippen LogP contribution in [-0.4, -0.2) is 23.5 Å². The Labute approximate surface area is 107 Å². The van der Waals surface area contributed by atoms with Crippen LogP contribution in [0.25, 0.3) is 0 Å². The van der Waals surface area contributed by atoms with Crippen LogP contribution in [0.15, 0.2) is 35.5 Å². The lowest BCUT2D eigenvalue weighted by Gasteiger charge is -2.06. The van der Waals surface area contributed by atoms with E-state index in [2.05, 4.69) is 14.9 Å². The van der Waals surface area contributed by atoms with Crippen LogP contribution in [0.3, 0.4) is 0 Å². The lowest BCUT2D eigenvalue weighted by atomic mass is 10.3. The van der Waals surface area contributed by atoms with Gasteiger partial charge in [-0.1, -0.05) is 0 Å². The molecule has 0 saturated heterocycles. The zero-order valence-corrected chi connectivity index (χ0v) is 10.2. The van der Waals surface area contributed by atoms with Gasteiger partial charge in [-0.05, 0) is 12.1 Å². The van der Waals surface area contributed by atoms with E-state index < -0.39 is 20.6 Å². The minimum Gasteiger partial charge on any atom is -0.393 e. The van der Waals surface area contributed by atoms with E-state index in [0.29, 0.717) is 0 Å². The largest absolute Gasteiger partial charge is 0.393 e. The molecule has 0 spiro atoms. The average Bonchev–Trinajstić information content (AvgIpc) is 2.80. The molecule has 0 aliphatic carbocycles. The van der Waals surface area contributed by atoms with E-state index in [1.54, 1.807) is 0 Å². The number of rotatable bonds is 4. The molecule has 2 aromatic rings. The van der Waals surface area contributed by atoms with Gasteiger partial charge in [-0.3, -0.25) is 19.9 Å². The zero-order chi connectivity index (χ0) is 14.0. The summed E-state index contributed by atoms with van der Waals surface area (Å²) in [6.07, 6.45) is 2.60. The van der Waals surface area contributed by atoms with Crippen molar-refractivity contribution in [2.45, 2.75) is 4.90 Å². The topological polar surface area (TPSA) is 144 Å². The number of nitrogens with two attached hydrogens (primary N) is 1. The molecule has 100 valence electrons. The van der Waals surface area contributed by atoms with Crippen molar-refractivity contribution < 1.29 is 13.3 Å². The maximum Gasteiger partial charge on any atom is 0.293 e. The molecule has 1 aromatic carbocycles. The van der Waals surface area contributed by atoms with Crippen molar-refractivity contribution in [1.82, 2.24) is 10.2 Å². The number of sulfonamides is 1. The molecule has 0 radical (unpaired) electrons. The van der Waals surface area contributed by atoms with Crippen LogP contribution in [0.1, 0.15) is 0 Å². The van der Waals surface area contributed by atoms with E-state index in [-0.39, 0.29) is 16.3 Å². The molecule has 1 heterocycles. The fraction of sp³-hybridized carbons (Fsp3) is 0. The Morgan fingerprint density at radius 1 is 1.42 bits per heavy atom. The maximum absolute atomic E-state index is 12.0. The third-order valence-corrected chi connectivity index (χ3v) is 3.64. The predicted molar refractivity (Wildman–Crippen MR) is 66.9 cm³/mol. The summed E-state index contributed by atoms with van der Waals surface area (Å²) in [4.78, 5) is 9.71. The van der Waals surface area contributed by atoms with Gasteiger partial charge in [0.15, 0.2) is 0 Å². The van der Waals surface area contributed by atoms with E-state index in [1.165, 1.54) is 24.5 Å². The first-order valence-corrected chi connectivity index (χ1v) is 6.44. The number of aromatic nitrogens is 2. The van der Waals surface area contributed by atoms with Crippen molar-refractivity contribution in [2.75, 3.05) is 10.5 Å². The van der Waals surface area contributed by atoms with Gasteiger partial charge in [0, 0.05) is 12.3 Å². The molecule has 4 N–H and O–H groups in total. The number of nitrogens with zero attached hydrogens (tertiary/aromatic N) is 2. The minimum absolute atomic E-state index is 0.104. The number of nitro groups is 1. The van der Waals surface area contributed by atoms with Crippen molar-refractivity contribution in [3.8, 4) is 0 Å². The van der Waals surface area contributed by atoms with Crippen molar-refractivity contribution in [3.63, 3.8) is 0 Å². The van der Waals surface area contributed by atoms with E-state index >= 15 is 0 Å². The van der Waals surface area contributed by atoms with Gasteiger partial charge in [-0.15, -0.1) is 0 Å². The minimum atomic E-state index is -3.93. The first-order valence-electron chi connectivity index (χ1n) is 4.95. The molecule has 9 nitrogen and oxygen atoms in total. The smallest absolute Gasteiger partial charge is 0.293 e. The number of benzene rings is 1. The average molecular weight is 283 g/mol. The highest BCUT2D eigenvalue weighted by atomic mass is 32.2. The molecule has 0 aliphatic rings. The van der Waals surface area contributed by atoms with Crippen LogP contribution in [0.4, 0.5) is 17.1 Å².